The maximum atomic E-state index is 11.9. The molecule has 2 N–H and O–H groups in total. The van der Waals surface area contributed by atoms with E-state index in [0.717, 1.165) is 22.4 Å². The van der Waals surface area contributed by atoms with E-state index in [1.54, 1.807) is 23.9 Å². The Balaban J connectivity index is 1.50. The molecule has 3 atom stereocenters. The molecule has 184 valence electrons. The van der Waals surface area contributed by atoms with Crippen molar-refractivity contribution in [1.29, 1.82) is 0 Å². The van der Waals surface area contributed by atoms with Crippen LogP contribution < -0.4 is 5.32 Å². The van der Waals surface area contributed by atoms with Crippen LogP contribution in [0.2, 0.25) is 0 Å². The lowest BCUT2D eigenvalue weighted by Gasteiger charge is -2.36. The molecule has 0 aliphatic carbocycles. The maximum absolute atomic E-state index is 11.9. The molecule has 1 aliphatic rings. The van der Waals surface area contributed by atoms with Gasteiger partial charge in [0.15, 0.2) is 6.29 Å². The summed E-state index contributed by atoms with van der Waals surface area (Å²) in [6.45, 7) is -0.00492. The second-order valence-electron chi connectivity index (χ2n) is 8.05. The van der Waals surface area contributed by atoms with Crippen LogP contribution in [-0.2, 0) is 20.9 Å². The molecule has 9 heteroatoms. The molecule has 1 saturated heterocycles. The molecule has 0 aromatic heterocycles. The van der Waals surface area contributed by atoms with E-state index in [9.17, 15) is 9.90 Å². The Kier molecular flexibility index (Phi) is 9.00. The largest absolute Gasteiger partial charge is 0.392 e. The predicted octanol–water partition coefficient (Wildman–Crippen LogP) is 6.83. The fourth-order valence-corrected chi connectivity index (χ4v) is 4.74. The first-order valence-corrected chi connectivity index (χ1v) is 13.1. The number of hydrogen-bond donors (Lipinski definition) is 2. The van der Waals surface area contributed by atoms with Crippen LogP contribution in [0.15, 0.2) is 83.8 Å². The van der Waals surface area contributed by atoms with E-state index in [4.69, 9.17) is 44.3 Å². The van der Waals surface area contributed by atoms with Crippen LogP contribution in [0, 0.1) is 0 Å². The Labute approximate surface area is 223 Å². The van der Waals surface area contributed by atoms with Crippen LogP contribution in [-0.4, -0.2) is 26.7 Å². The van der Waals surface area contributed by atoms with E-state index >= 15 is 0 Å². The summed E-state index contributed by atoms with van der Waals surface area (Å²) in [5, 5.41) is 11.9. The van der Waals surface area contributed by atoms with Gasteiger partial charge < -0.3 is 19.9 Å². The van der Waals surface area contributed by atoms with Crippen LogP contribution in [0.4, 0.5) is 5.69 Å². The van der Waals surface area contributed by atoms with Gasteiger partial charge in [0.25, 0.3) is 9.70 Å². The Morgan fingerprint density at radius 2 is 1.60 bits per heavy atom. The number of alkyl halides is 3. The summed E-state index contributed by atoms with van der Waals surface area (Å²) in [5.74, 6) is 0.0387. The third kappa shape index (κ3) is 7.37. The SMILES string of the molecule is O=C(Nc1ccc([C@@H]2O[C@H](CSc3ccccc3)C[C@H](c3ccc(CO)cc3)O2)cc1)C(Cl)(Cl)Cl. The van der Waals surface area contributed by atoms with Crippen LogP contribution >= 0.6 is 46.6 Å². The average molecular weight is 553 g/mol. The minimum atomic E-state index is -2.04. The maximum Gasteiger partial charge on any atom is 0.276 e. The highest BCUT2D eigenvalue weighted by Crippen LogP contribution is 2.39. The second-order valence-corrected chi connectivity index (χ2v) is 11.4. The fraction of sp³-hybridized carbons (Fsp3) is 0.269. The molecule has 3 aromatic rings. The van der Waals surface area contributed by atoms with Gasteiger partial charge in [0.1, 0.15) is 0 Å². The second kappa shape index (κ2) is 12.0. The first-order valence-electron chi connectivity index (χ1n) is 11.0. The monoisotopic (exact) mass is 551 g/mol. The normalized spacial score (nSPS) is 20.4. The third-order valence-electron chi connectivity index (χ3n) is 5.49. The molecule has 3 aromatic carbocycles. The highest BCUT2D eigenvalue weighted by atomic mass is 35.6. The van der Waals surface area contributed by atoms with Crippen molar-refractivity contribution in [3.63, 3.8) is 0 Å². The standard InChI is InChI=1S/C26H24Cl3NO4S/c27-26(28,29)25(32)30-20-12-10-19(11-13-20)24-33-21(16-35-22-4-2-1-3-5-22)14-23(34-24)18-8-6-17(15-31)7-9-18/h1-13,21,23-24,31H,14-16H2,(H,30,32)/t21-,23+,24+/m0/s1. The number of aliphatic hydroxyl groups is 1. The number of hydrogen-bond acceptors (Lipinski definition) is 5. The van der Waals surface area contributed by atoms with Crippen molar-refractivity contribution in [2.24, 2.45) is 0 Å². The van der Waals surface area contributed by atoms with Gasteiger partial charge in [0.2, 0.25) is 0 Å². The number of halogens is 3. The van der Waals surface area contributed by atoms with Gasteiger partial charge in [-0.05, 0) is 35.4 Å². The van der Waals surface area contributed by atoms with Gasteiger partial charge in [-0.2, -0.15) is 0 Å². The summed E-state index contributed by atoms with van der Waals surface area (Å²) in [5.41, 5.74) is 3.18. The van der Waals surface area contributed by atoms with Crippen molar-refractivity contribution in [1.82, 2.24) is 0 Å². The number of rotatable bonds is 7. The van der Waals surface area contributed by atoms with E-state index in [1.807, 2.05) is 54.6 Å². The average Bonchev–Trinajstić information content (AvgIpc) is 2.88. The van der Waals surface area contributed by atoms with Crippen LogP contribution in [0.3, 0.4) is 0 Å². The van der Waals surface area contributed by atoms with Crippen LogP contribution in [0.25, 0.3) is 0 Å². The fourth-order valence-electron chi connectivity index (χ4n) is 3.65. The van der Waals surface area contributed by atoms with Gasteiger partial charge in [0.05, 0.1) is 18.8 Å². The molecule has 1 fully saturated rings. The van der Waals surface area contributed by atoms with Gasteiger partial charge >= 0.3 is 0 Å². The summed E-state index contributed by atoms with van der Waals surface area (Å²) in [7, 11) is 0. The lowest BCUT2D eigenvalue weighted by Crippen LogP contribution is -2.31. The van der Waals surface area contributed by atoms with Crippen molar-refractivity contribution in [3.05, 3.63) is 95.6 Å². The van der Waals surface area contributed by atoms with Crippen molar-refractivity contribution in [3.8, 4) is 0 Å². The molecule has 0 saturated carbocycles. The number of aliphatic hydroxyl groups excluding tert-OH is 1. The number of nitrogens with one attached hydrogen (secondary N) is 1. The van der Waals surface area contributed by atoms with E-state index in [-0.39, 0.29) is 18.8 Å². The van der Waals surface area contributed by atoms with Gasteiger partial charge in [-0.1, -0.05) is 89.4 Å². The zero-order chi connectivity index (χ0) is 24.8. The lowest BCUT2D eigenvalue weighted by molar-refractivity contribution is -0.245. The summed E-state index contributed by atoms with van der Waals surface area (Å²) < 4.78 is 10.6. The first-order chi connectivity index (χ1) is 16.8. The zero-order valence-electron chi connectivity index (χ0n) is 18.6. The Hall–Kier alpha value is -1.77. The number of thioether (sulfide) groups is 1. The molecule has 4 rings (SSSR count). The summed E-state index contributed by atoms with van der Waals surface area (Å²) in [4.78, 5) is 13.1. The van der Waals surface area contributed by atoms with E-state index < -0.39 is 16.0 Å². The van der Waals surface area contributed by atoms with Crippen molar-refractivity contribution >= 4 is 58.2 Å². The quantitative estimate of drug-likeness (QED) is 0.248. The predicted molar refractivity (Wildman–Crippen MR) is 141 cm³/mol. The number of ether oxygens (including phenoxy) is 2. The number of carbonyl (C=O) groups excluding carboxylic acids is 1. The minimum Gasteiger partial charge on any atom is -0.392 e. The number of amides is 1. The molecule has 0 bridgehead atoms. The smallest absolute Gasteiger partial charge is 0.276 e. The van der Waals surface area contributed by atoms with Gasteiger partial charge in [-0.3, -0.25) is 4.79 Å². The van der Waals surface area contributed by atoms with Crippen molar-refractivity contribution in [2.45, 2.75) is 40.2 Å². The molecule has 5 nitrogen and oxygen atoms in total. The zero-order valence-corrected chi connectivity index (χ0v) is 21.7. The molecule has 1 amide bonds. The Bertz CT molecular complexity index is 1110. The number of benzene rings is 3. The van der Waals surface area contributed by atoms with Crippen molar-refractivity contribution < 1.29 is 19.4 Å². The van der Waals surface area contributed by atoms with Gasteiger partial charge in [-0.25, -0.2) is 0 Å². The van der Waals surface area contributed by atoms with Gasteiger partial charge in [0, 0.05) is 28.3 Å². The first kappa shape index (κ1) is 26.3. The molecule has 1 heterocycles. The molecular weight excluding hydrogens is 529 g/mol. The third-order valence-corrected chi connectivity index (χ3v) is 7.15. The summed E-state index contributed by atoms with van der Waals surface area (Å²) in [6.07, 6.45) is -0.117. The molecule has 0 spiro atoms. The minimum absolute atomic E-state index is 0.00492. The number of carbonyl (C=O) groups is 1. The topological polar surface area (TPSA) is 67.8 Å². The van der Waals surface area contributed by atoms with Crippen LogP contribution in [0.5, 0.6) is 0 Å². The van der Waals surface area contributed by atoms with E-state index in [0.29, 0.717) is 12.1 Å². The van der Waals surface area contributed by atoms with Crippen molar-refractivity contribution in [2.75, 3.05) is 11.1 Å². The number of anilines is 1. The summed E-state index contributed by atoms with van der Waals surface area (Å²) >= 11 is 18.6. The van der Waals surface area contributed by atoms with E-state index in [2.05, 4.69) is 17.4 Å². The van der Waals surface area contributed by atoms with Crippen LogP contribution in [0.1, 0.15) is 35.5 Å². The highest BCUT2D eigenvalue weighted by Gasteiger charge is 2.33. The van der Waals surface area contributed by atoms with Gasteiger partial charge in [-0.15, -0.1) is 11.8 Å². The molecular formula is C26H24Cl3NO4S. The van der Waals surface area contributed by atoms with E-state index in [1.165, 1.54) is 4.90 Å². The molecule has 35 heavy (non-hydrogen) atoms. The lowest BCUT2D eigenvalue weighted by atomic mass is 10.0. The Morgan fingerprint density at radius 1 is 0.943 bits per heavy atom. The Morgan fingerprint density at radius 3 is 2.23 bits per heavy atom. The summed E-state index contributed by atoms with van der Waals surface area (Å²) in [6, 6.07) is 25.0. The molecule has 0 unspecified atom stereocenters. The molecule has 1 aliphatic heterocycles. The molecule has 0 radical (unpaired) electrons. The highest BCUT2D eigenvalue weighted by molar-refractivity contribution is 7.99.